The Morgan fingerprint density at radius 1 is 1.43 bits per heavy atom. The maximum atomic E-state index is 11.5. The van der Waals surface area contributed by atoms with Crippen molar-refractivity contribution < 1.29 is 4.79 Å². The Balaban J connectivity index is 2.20. The van der Waals surface area contributed by atoms with Crippen molar-refractivity contribution in [1.29, 1.82) is 0 Å². The first-order valence-electron chi connectivity index (χ1n) is 6.68. The molecule has 1 N–H and O–H groups in total. The Hall–Kier alpha value is -1.46. The zero-order valence-electron chi connectivity index (χ0n) is 12.1. The molecule has 2 rings (SSSR count). The van der Waals surface area contributed by atoms with Crippen LogP contribution < -0.4 is 5.32 Å². The smallest absolute Gasteiger partial charge is 0.316 e. The van der Waals surface area contributed by atoms with Crippen molar-refractivity contribution in [3.63, 3.8) is 0 Å². The summed E-state index contributed by atoms with van der Waals surface area (Å²) in [4.78, 5) is 17.6. The van der Waals surface area contributed by atoms with Crippen LogP contribution in [0.2, 0.25) is 5.02 Å². The Morgan fingerprint density at radius 3 is 2.86 bits per heavy atom. The number of nitrogens with one attached hydrogen (secondary N) is 1. The van der Waals surface area contributed by atoms with Crippen LogP contribution in [0, 0.1) is 0 Å². The maximum absolute atomic E-state index is 11.5. The van der Waals surface area contributed by atoms with Gasteiger partial charge in [-0.2, -0.15) is 0 Å². The number of halogens is 2. The van der Waals surface area contributed by atoms with Gasteiger partial charge in [-0.05, 0) is 18.2 Å². The third-order valence-corrected chi connectivity index (χ3v) is 3.55. The average Bonchev–Trinajstić information content (AvgIpc) is 2.76. The largest absolute Gasteiger partial charge is 0.336 e. The molecule has 5 nitrogen and oxygen atoms in total. The van der Waals surface area contributed by atoms with Gasteiger partial charge in [0, 0.05) is 44.5 Å². The van der Waals surface area contributed by atoms with Gasteiger partial charge in [0.1, 0.15) is 5.82 Å². The normalized spacial score (nSPS) is 10.9. The van der Waals surface area contributed by atoms with E-state index in [2.05, 4.69) is 14.9 Å². The van der Waals surface area contributed by atoms with Crippen LogP contribution in [0.4, 0.5) is 4.79 Å². The molecule has 0 saturated carbocycles. The molecule has 0 aliphatic heterocycles. The lowest BCUT2D eigenvalue weighted by Gasteiger charge is -2.13. The van der Waals surface area contributed by atoms with Gasteiger partial charge >= 0.3 is 6.03 Å². The minimum atomic E-state index is -0.110. The number of rotatable bonds is 5. The van der Waals surface area contributed by atoms with Crippen LogP contribution in [0.5, 0.6) is 0 Å². The van der Waals surface area contributed by atoms with Crippen molar-refractivity contribution in [2.75, 3.05) is 26.5 Å². The summed E-state index contributed by atoms with van der Waals surface area (Å²) in [5, 5.41) is 3.50. The number of fused-ring (bicyclic) bond motifs is 1. The molecule has 0 spiro atoms. The molecule has 0 saturated heterocycles. The number of carbonyl (C=O) groups is 1. The van der Waals surface area contributed by atoms with E-state index in [1.807, 2.05) is 18.2 Å². The third-order valence-electron chi connectivity index (χ3n) is 3.13. The molecule has 1 aromatic heterocycles. The van der Waals surface area contributed by atoms with E-state index in [9.17, 15) is 4.79 Å². The number of aryl methyl sites for hydroxylation is 1. The summed E-state index contributed by atoms with van der Waals surface area (Å²) in [7, 11) is 3.42. The predicted molar refractivity (Wildman–Crippen MR) is 86.3 cm³/mol. The molecule has 1 heterocycles. The fourth-order valence-electron chi connectivity index (χ4n) is 2.11. The number of urea groups is 1. The van der Waals surface area contributed by atoms with Gasteiger partial charge in [0.25, 0.3) is 0 Å². The zero-order chi connectivity index (χ0) is 15.4. The van der Waals surface area contributed by atoms with Gasteiger partial charge in [0.15, 0.2) is 0 Å². The second-order valence-corrected chi connectivity index (χ2v) is 5.69. The van der Waals surface area contributed by atoms with Crippen molar-refractivity contribution in [3.8, 4) is 0 Å². The van der Waals surface area contributed by atoms with Gasteiger partial charge in [-0.3, -0.25) is 0 Å². The Kier molecular flexibility index (Phi) is 5.31. The topological polar surface area (TPSA) is 50.2 Å². The second-order valence-electron chi connectivity index (χ2n) is 4.88. The van der Waals surface area contributed by atoms with Crippen molar-refractivity contribution in [2.45, 2.75) is 13.0 Å². The molecule has 114 valence electrons. The summed E-state index contributed by atoms with van der Waals surface area (Å²) >= 11 is 11.8. The van der Waals surface area contributed by atoms with Crippen LogP contribution in [0.25, 0.3) is 11.0 Å². The molecule has 0 bridgehead atoms. The number of amides is 2. The zero-order valence-corrected chi connectivity index (χ0v) is 13.6. The van der Waals surface area contributed by atoms with Crippen LogP contribution in [-0.4, -0.2) is 47.0 Å². The highest BCUT2D eigenvalue weighted by molar-refractivity contribution is 6.31. The molecular weight excluding hydrogens is 311 g/mol. The van der Waals surface area contributed by atoms with E-state index < -0.39 is 0 Å². The van der Waals surface area contributed by atoms with E-state index >= 15 is 0 Å². The first kappa shape index (κ1) is 15.9. The highest BCUT2D eigenvalue weighted by atomic mass is 35.5. The van der Waals surface area contributed by atoms with Gasteiger partial charge in [-0.25, -0.2) is 9.78 Å². The molecule has 21 heavy (non-hydrogen) atoms. The lowest BCUT2D eigenvalue weighted by atomic mass is 10.3. The van der Waals surface area contributed by atoms with Gasteiger partial charge in [-0.1, -0.05) is 11.6 Å². The number of imidazole rings is 1. The molecule has 0 unspecified atom stereocenters. The fourth-order valence-corrected chi connectivity index (χ4v) is 2.45. The SMILES string of the molecule is CN(C)C(=O)NCCn1c(CCCl)nc2cc(Cl)ccc21. The second kappa shape index (κ2) is 7.00. The van der Waals surface area contributed by atoms with E-state index in [1.54, 1.807) is 14.1 Å². The Morgan fingerprint density at radius 2 is 2.19 bits per heavy atom. The molecule has 0 atom stereocenters. The van der Waals surface area contributed by atoms with Crippen LogP contribution in [0.15, 0.2) is 18.2 Å². The number of aromatic nitrogens is 2. The van der Waals surface area contributed by atoms with Crippen molar-refractivity contribution in [2.24, 2.45) is 0 Å². The molecule has 1 aromatic carbocycles. The quantitative estimate of drug-likeness (QED) is 0.858. The summed E-state index contributed by atoms with van der Waals surface area (Å²) < 4.78 is 2.07. The molecule has 0 aliphatic rings. The standard InChI is InChI=1S/C14H18Cl2N4O/c1-19(2)14(21)17-7-8-20-12-4-3-10(16)9-11(12)18-13(20)5-6-15/h3-4,9H,5-8H2,1-2H3,(H,17,21). The highest BCUT2D eigenvalue weighted by Gasteiger charge is 2.11. The van der Waals surface area contributed by atoms with Crippen LogP contribution in [0.1, 0.15) is 5.82 Å². The minimum Gasteiger partial charge on any atom is -0.336 e. The maximum Gasteiger partial charge on any atom is 0.316 e. The van der Waals surface area contributed by atoms with E-state index in [-0.39, 0.29) is 6.03 Å². The molecule has 2 amide bonds. The van der Waals surface area contributed by atoms with Gasteiger partial charge < -0.3 is 14.8 Å². The van der Waals surface area contributed by atoms with Crippen molar-refractivity contribution >= 4 is 40.3 Å². The molecule has 0 radical (unpaired) electrons. The fraction of sp³-hybridized carbons (Fsp3) is 0.429. The molecule has 2 aromatic rings. The molecule has 0 fully saturated rings. The molecular formula is C14H18Cl2N4O. The van der Waals surface area contributed by atoms with Crippen LogP contribution in [0.3, 0.4) is 0 Å². The number of nitrogens with zero attached hydrogens (tertiary/aromatic N) is 3. The third kappa shape index (κ3) is 3.80. The summed E-state index contributed by atoms with van der Waals surface area (Å²) in [6.45, 7) is 1.17. The summed E-state index contributed by atoms with van der Waals surface area (Å²) in [6.07, 6.45) is 0.676. The number of carbonyl (C=O) groups excluding carboxylic acids is 1. The van der Waals surface area contributed by atoms with E-state index in [0.717, 1.165) is 16.9 Å². The highest BCUT2D eigenvalue weighted by Crippen LogP contribution is 2.21. The van der Waals surface area contributed by atoms with E-state index in [4.69, 9.17) is 23.2 Å². The van der Waals surface area contributed by atoms with Crippen LogP contribution >= 0.6 is 23.2 Å². The monoisotopic (exact) mass is 328 g/mol. The predicted octanol–water partition coefficient (Wildman–Crippen LogP) is 2.74. The summed E-state index contributed by atoms with van der Waals surface area (Å²) in [5.41, 5.74) is 1.85. The minimum absolute atomic E-state index is 0.110. The lowest BCUT2D eigenvalue weighted by Crippen LogP contribution is -2.36. The molecule has 7 heteroatoms. The molecule has 0 aliphatic carbocycles. The summed E-state index contributed by atoms with van der Waals surface area (Å²) in [5.74, 6) is 1.41. The van der Waals surface area contributed by atoms with Gasteiger partial charge in [-0.15, -0.1) is 11.6 Å². The Labute approximate surface area is 133 Å². The van der Waals surface area contributed by atoms with E-state index in [0.29, 0.717) is 30.4 Å². The van der Waals surface area contributed by atoms with Gasteiger partial charge in [0.05, 0.1) is 11.0 Å². The number of hydrogen-bond donors (Lipinski definition) is 1. The van der Waals surface area contributed by atoms with Crippen LogP contribution in [-0.2, 0) is 13.0 Å². The van der Waals surface area contributed by atoms with E-state index in [1.165, 1.54) is 4.90 Å². The number of alkyl halides is 1. The van der Waals surface area contributed by atoms with Crippen molar-refractivity contribution in [3.05, 3.63) is 29.0 Å². The average molecular weight is 329 g/mol. The Bertz CT molecular complexity index is 639. The van der Waals surface area contributed by atoms with Crippen molar-refractivity contribution in [1.82, 2.24) is 19.8 Å². The lowest BCUT2D eigenvalue weighted by molar-refractivity contribution is 0.217. The first-order valence-corrected chi connectivity index (χ1v) is 7.60. The number of benzene rings is 1. The van der Waals surface area contributed by atoms with Gasteiger partial charge in [0.2, 0.25) is 0 Å². The first-order chi connectivity index (χ1) is 10.0. The summed E-state index contributed by atoms with van der Waals surface area (Å²) in [6, 6.07) is 5.51. The number of hydrogen-bond acceptors (Lipinski definition) is 2.